The monoisotopic (exact) mass is 323 g/mol. The highest BCUT2D eigenvalue weighted by Gasteiger charge is 2.18. The number of amides is 1. The van der Waals surface area contributed by atoms with Gasteiger partial charge in [0.1, 0.15) is 0 Å². The van der Waals surface area contributed by atoms with Crippen molar-refractivity contribution in [3.63, 3.8) is 0 Å². The fourth-order valence-electron chi connectivity index (χ4n) is 1.53. The maximum atomic E-state index is 11.9. The Hall–Kier alpha value is -1.76. The van der Waals surface area contributed by atoms with E-state index < -0.39 is 0 Å². The number of halogens is 1. The zero-order valence-electron chi connectivity index (χ0n) is 10.6. The molecule has 0 saturated carbocycles. The lowest BCUT2D eigenvalue weighted by molar-refractivity contribution is -0.116. The molecular formula is C12H14BrN5O. The number of nitrogens with zero attached hydrogens (tertiary/aromatic N) is 3. The summed E-state index contributed by atoms with van der Waals surface area (Å²) in [5.41, 5.74) is 1.50. The molecule has 1 unspecified atom stereocenters. The second-order valence-corrected chi connectivity index (χ2v) is 5.44. The highest BCUT2D eigenvalue weighted by Crippen LogP contribution is 2.20. The van der Waals surface area contributed by atoms with E-state index in [9.17, 15) is 4.79 Å². The van der Waals surface area contributed by atoms with E-state index in [0.717, 1.165) is 5.56 Å². The number of aromatic amines is 1. The minimum Gasteiger partial charge on any atom is -0.325 e. The van der Waals surface area contributed by atoms with Crippen molar-refractivity contribution < 1.29 is 4.79 Å². The molecule has 1 aromatic heterocycles. The molecule has 0 saturated heterocycles. The summed E-state index contributed by atoms with van der Waals surface area (Å²) in [4.78, 5) is 11.7. The second-order valence-electron chi connectivity index (χ2n) is 4.45. The molecule has 0 aliphatic rings. The van der Waals surface area contributed by atoms with Gasteiger partial charge < -0.3 is 5.32 Å². The van der Waals surface area contributed by atoms with E-state index in [0.29, 0.717) is 11.5 Å². The predicted molar refractivity (Wildman–Crippen MR) is 75.8 cm³/mol. The number of aromatic nitrogens is 4. The van der Waals surface area contributed by atoms with Crippen LogP contribution in [0, 0.1) is 5.92 Å². The third kappa shape index (κ3) is 3.37. The van der Waals surface area contributed by atoms with Gasteiger partial charge in [-0.3, -0.25) is 4.79 Å². The SMILES string of the molecule is CC(C)C(Br)C(=O)Nc1cccc(-c2nn[nH]n2)c1. The third-order valence-electron chi connectivity index (χ3n) is 2.57. The lowest BCUT2D eigenvalue weighted by Crippen LogP contribution is -2.26. The lowest BCUT2D eigenvalue weighted by Gasteiger charge is -2.14. The maximum absolute atomic E-state index is 11.9. The van der Waals surface area contributed by atoms with E-state index in [1.54, 1.807) is 0 Å². The Labute approximate surface area is 119 Å². The minimum atomic E-state index is -0.221. The highest BCUT2D eigenvalue weighted by atomic mass is 79.9. The van der Waals surface area contributed by atoms with Crippen LogP contribution in [0.25, 0.3) is 11.4 Å². The van der Waals surface area contributed by atoms with Crippen LogP contribution in [0.5, 0.6) is 0 Å². The number of hydrogen-bond donors (Lipinski definition) is 2. The first-order valence-electron chi connectivity index (χ1n) is 5.86. The number of carbonyl (C=O) groups excluding carboxylic acids is 1. The molecule has 0 aliphatic carbocycles. The molecule has 100 valence electrons. The molecule has 7 heteroatoms. The van der Waals surface area contributed by atoms with Crippen molar-refractivity contribution in [2.75, 3.05) is 5.32 Å². The van der Waals surface area contributed by atoms with Crippen LogP contribution in [0.1, 0.15) is 13.8 Å². The molecule has 0 spiro atoms. The lowest BCUT2D eigenvalue weighted by atomic mass is 10.1. The summed E-state index contributed by atoms with van der Waals surface area (Å²) in [6.07, 6.45) is 0. The van der Waals surface area contributed by atoms with Crippen molar-refractivity contribution in [2.24, 2.45) is 5.92 Å². The molecule has 0 bridgehead atoms. The first kappa shape index (κ1) is 13.7. The number of nitrogens with one attached hydrogen (secondary N) is 2. The van der Waals surface area contributed by atoms with Crippen LogP contribution < -0.4 is 5.32 Å². The molecule has 1 atom stereocenters. The fourth-order valence-corrected chi connectivity index (χ4v) is 1.65. The van der Waals surface area contributed by atoms with Gasteiger partial charge in [0, 0.05) is 11.3 Å². The molecule has 1 aromatic carbocycles. The molecule has 2 rings (SSSR count). The number of benzene rings is 1. The molecule has 0 aliphatic heterocycles. The Morgan fingerprint density at radius 3 is 2.84 bits per heavy atom. The van der Waals surface area contributed by atoms with E-state index in [1.165, 1.54) is 0 Å². The molecule has 6 nitrogen and oxygen atoms in total. The van der Waals surface area contributed by atoms with Crippen LogP contribution in [0.4, 0.5) is 5.69 Å². The standard InChI is InChI=1S/C12H14BrN5O/c1-7(2)10(13)12(19)14-9-5-3-4-8(6-9)11-15-17-18-16-11/h3-7,10H,1-2H3,(H,14,19)(H,15,16,17,18). The minimum absolute atomic E-state index is 0.0692. The number of rotatable bonds is 4. The Morgan fingerprint density at radius 2 is 2.21 bits per heavy atom. The average Bonchev–Trinajstić information content (AvgIpc) is 2.91. The number of carbonyl (C=O) groups is 1. The average molecular weight is 324 g/mol. The van der Waals surface area contributed by atoms with Crippen LogP contribution in [0.15, 0.2) is 24.3 Å². The second kappa shape index (κ2) is 5.92. The molecule has 2 N–H and O–H groups in total. The van der Waals surface area contributed by atoms with E-state index in [-0.39, 0.29) is 16.7 Å². The maximum Gasteiger partial charge on any atom is 0.238 e. The number of hydrogen-bond acceptors (Lipinski definition) is 4. The van der Waals surface area contributed by atoms with Gasteiger partial charge in [0.25, 0.3) is 0 Å². The summed E-state index contributed by atoms with van der Waals surface area (Å²) in [7, 11) is 0. The third-order valence-corrected chi connectivity index (χ3v) is 4.04. The Kier molecular flexibility index (Phi) is 4.26. The molecule has 1 heterocycles. The van der Waals surface area contributed by atoms with E-state index in [2.05, 4.69) is 41.9 Å². The van der Waals surface area contributed by atoms with Crippen LogP contribution in [-0.4, -0.2) is 31.4 Å². The summed E-state index contributed by atoms with van der Waals surface area (Å²) in [5, 5.41) is 16.6. The summed E-state index contributed by atoms with van der Waals surface area (Å²) in [6, 6.07) is 7.32. The largest absolute Gasteiger partial charge is 0.325 e. The van der Waals surface area contributed by atoms with Crippen molar-refractivity contribution in [3.05, 3.63) is 24.3 Å². The van der Waals surface area contributed by atoms with Crippen molar-refractivity contribution in [1.82, 2.24) is 20.6 Å². The van der Waals surface area contributed by atoms with Crippen LogP contribution >= 0.6 is 15.9 Å². The molecular weight excluding hydrogens is 310 g/mol. The van der Waals surface area contributed by atoms with Gasteiger partial charge >= 0.3 is 0 Å². The van der Waals surface area contributed by atoms with E-state index >= 15 is 0 Å². The van der Waals surface area contributed by atoms with E-state index in [4.69, 9.17) is 0 Å². The Bertz CT molecular complexity index is 555. The van der Waals surface area contributed by atoms with Gasteiger partial charge in [0.2, 0.25) is 11.7 Å². The first-order valence-corrected chi connectivity index (χ1v) is 6.78. The number of tetrazole rings is 1. The van der Waals surface area contributed by atoms with Crippen LogP contribution in [-0.2, 0) is 4.79 Å². The van der Waals surface area contributed by atoms with Gasteiger partial charge in [0.15, 0.2) is 0 Å². The topological polar surface area (TPSA) is 83.6 Å². The quantitative estimate of drug-likeness (QED) is 0.845. The smallest absolute Gasteiger partial charge is 0.238 e. The predicted octanol–water partition coefficient (Wildman–Crippen LogP) is 2.22. The normalized spacial score (nSPS) is 12.4. The van der Waals surface area contributed by atoms with Crippen molar-refractivity contribution in [3.8, 4) is 11.4 Å². The fraction of sp³-hybridized carbons (Fsp3) is 0.333. The summed E-state index contributed by atoms with van der Waals surface area (Å²) < 4.78 is 0. The van der Waals surface area contributed by atoms with E-state index in [1.807, 2.05) is 38.1 Å². The van der Waals surface area contributed by atoms with Gasteiger partial charge in [-0.05, 0) is 23.3 Å². The van der Waals surface area contributed by atoms with Gasteiger partial charge in [0.05, 0.1) is 4.83 Å². The zero-order valence-corrected chi connectivity index (χ0v) is 12.2. The first-order chi connectivity index (χ1) is 9.08. The summed E-state index contributed by atoms with van der Waals surface area (Å²) in [5.74, 6) is 0.649. The number of anilines is 1. The van der Waals surface area contributed by atoms with Crippen LogP contribution in [0.3, 0.4) is 0 Å². The van der Waals surface area contributed by atoms with Gasteiger partial charge in [-0.2, -0.15) is 5.21 Å². The van der Waals surface area contributed by atoms with Gasteiger partial charge in [-0.1, -0.05) is 41.9 Å². The van der Waals surface area contributed by atoms with Gasteiger partial charge in [-0.15, -0.1) is 10.2 Å². The Balaban J connectivity index is 2.14. The molecule has 0 radical (unpaired) electrons. The molecule has 0 fully saturated rings. The zero-order chi connectivity index (χ0) is 13.8. The highest BCUT2D eigenvalue weighted by molar-refractivity contribution is 9.10. The van der Waals surface area contributed by atoms with Crippen molar-refractivity contribution in [1.29, 1.82) is 0 Å². The van der Waals surface area contributed by atoms with Crippen LogP contribution in [0.2, 0.25) is 0 Å². The molecule has 2 aromatic rings. The Morgan fingerprint density at radius 1 is 1.42 bits per heavy atom. The van der Waals surface area contributed by atoms with Crippen molar-refractivity contribution in [2.45, 2.75) is 18.7 Å². The van der Waals surface area contributed by atoms with Crippen molar-refractivity contribution >= 4 is 27.5 Å². The van der Waals surface area contributed by atoms with Gasteiger partial charge in [-0.25, -0.2) is 0 Å². The number of H-pyrrole nitrogens is 1. The summed E-state index contributed by atoms with van der Waals surface area (Å²) in [6.45, 7) is 3.96. The summed E-state index contributed by atoms with van der Waals surface area (Å²) >= 11 is 3.37. The number of alkyl halides is 1. The molecule has 19 heavy (non-hydrogen) atoms. The molecule has 1 amide bonds.